The van der Waals surface area contributed by atoms with E-state index in [9.17, 15) is 9.90 Å². The molecule has 13 heavy (non-hydrogen) atoms. The molecule has 1 saturated carbocycles. The highest BCUT2D eigenvalue weighted by molar-refractivity contribution is 14.1. The molecule has 3 nitrogen and oxygen atoms in total. The van der Waals surface area contributed by atoms with Gasteiger partial charge in [0.05, 0.1) is 5.60 Å². The number of carbonyl (C=O) groups is 1. The Labute approximate surface area is 92.4 Å². The number of alkyl halides is 1. The second-order valence-electron chi connectivity index (χ2n) is 4.04. The minimum absolute atomic E-state index is 0.0867. The Hall–Kier alpha value is 0.160. The molecule has 0 aliphatic heterocycles. The first-order valence-electron chi connectivity index (χ1n) is 4.53. The quantitative estimate of drug-likeness (QED) is 0.565. The zero-order valence-corrected chi connectivity index (χ0v) is 10.2. The number of hydrogen-bond donors (Lipinski definition) is 2. The van der Waals surface area contributed by atoms with Gasteiger partial charge >= 0.3 is 0 Å². The lowest BCUT2D eigenvalue weighted by Crippen LogP contribution is -2.46. The van der Waals surface area contributed by atoms with Crippen molar-refractivity contribution in [3.05, 3.63) is 0 Å². The Morgan fingerprint density at radius 3 is 2.23 bits per heavy atom. The fraction of sp³-hybridized carbons (Fsp3) is 0.889. The van der Waals surface area contributed by atoms with Crippen LogP contribution in [0.1, 0.15) is 32.6 Å². The third kappa shape index (κ3) is 2.56. The van der Waals surface area contributed by atoms with Crippen molar-refractivity contribution in [1.29, 1.82) is 0 Å². The highest BCUT2D eigenvalue weighted by Crippen LogP contribution is 2.40. The SMILES string of the molecule is CNC(=O)[C@]1(I)CC[C@](C)(O)CC1. The molecule has 0 bridgehead atoms. The van der Waals surface area contributed by atoms with Gasteiger partial charge in [-0.1, -0.05) is 22.6 Å². The molecule has 2 N–H and O–H groups in total. The van der Waals surface area contributed by atoms with Crippen molar-refractivity contribution in [3.63, 3.8) is 0 Å². The van der Waals surface area contributed by atoms with Crippen LogP contribution in [-0.4, -0.2) is 27.1 Å². The number of carbonyl (C=O) groups excluding carboxylic acids is 1. The van der Waals surface area contributed by atoms with Gasteiger partial charge in [-0.05, 0) is 32.6 Å². The van der Waals surface area contributed by atoms with Crippen LogP contribution in [0, 0.1) is 0 Å². The van der Waals surface area contributed by atoms with Gasteiger partial charge < -0.3 is 10.4 Å². The van der Waals surface area contributed by atoms with Gasteiger partial charge in [0.1, 0.15) is 3.42 Å². The van der Waals surface area contributed by atoms with E-state index in [1.807, 2.05) is 6.92 Å². The van der Waals surface area contributed by atoms with Crippen LogP contribution in [0.15, 0.2) is 0 Å². The molecule has 1 amide bonds. The lowest BCUT2D eigenvalue weighted by atomic mass is 9.79. The molecule has 4 heteroatoms. The van der Waals surface area contributed by atoms with Crippen LogP contribution < -0.4 is 5.32 Å². The van der Waals surface area contributed by atoms with Crippen LogP contribution in [0.4, 0.5) is 0 Å². The average Bonchev–Trinajstić information content (AvgIpc) is 2.09. The Morgan fingerprint density at radius 2 is 1.85 bits per heavy atom. The Balaban J connectivity index is 2.61. The number of nitrogens with one attached hydrogen (secondary N) is 1. The number of amides is 1. The van der Waals surface area contributed by atoms with E-state index >= 15 is 0 Å². The van der Waals surface area contributed by atoms with Crippen LogP contribution in [0.25, 0.3) is 0 Å². The molecule has 76 valence electrons. The van der Waals surface area contributed by atoms with E-state index in [4.69, 9.17) is 0 Å². The van der Waals surface area contributed by atoms with E-state index in [1.165, 1.54) is 0 Å². The fourth-order valence-electron chi connectivity index (χ4n) is 1.64. The van der Waals surface area contributed by atoms with Gasteiger partial charge in [0.2, 0.25) is 5.91 Å². The van der Waals surface area contributed by atoms with Crippen molar-refractivity contribution in [3.8, 4) is 0 Å². The lowest BCUT2D eigenvalue weighted by molar-refractivity contribution is -0.124. The van der Waals surface area contributed by atoms with Crippen LogP contribution >= 0.6 is 22.6 Å². The van der Waals surface area contributed by atoms with E-state index in [-0.39, 0.29) is 9.33 Å². The number of rotatable bonds is 1. The third-order valence-corrected chi connectivity index (χ3v) is 4.32. The van der Waals surface area contributed by atoms with Gasteiger partial charge in [0, 0.05) is 7.05 Å². The fourth-order valence-corrected chi connectivity index (χ4v) is 2.44. The smallest absolute Gasteiger partial charge is 0.235 e. The van der Waals surface area contributed by atoms with Gasteiger partial charge in [-0.25, -0.2) is 0 Å². The Bertz CT molecular complexity index is 206. The van der Waals surface area contributed by atoms with E-state index in [1.54, 1.807) is 7.05 Å². The summed E-state index contributed by atoms with van der Waals surface area (Å²) in [6.07, 6.45) is 2.95. The zero-order valence-electron chi connectivity index (χ0n) is 8.06. The molecule has 0 radical (unpaired) electrons. The maximum atomic E-state index is 11.5. The van der Waals surface area contributed by atoms with Crippen molar-refractivity contribution >= 4 is 28.5 Å². The molecule has 1 aliphatic rings. The molecule has 1 rings (SSSR count). The molecular weight excluding hydrogens is 281 g/mol. The first-order chi connectivity index (χ1) is 5.90. The van der Waals surface area contributed by atoms with Crippen LogP contribution in [0.5, 0.6) is 0 Å². The van der Waals surface area contributed by atoms with E-state index in [0.717, 1.165) is 12.8 Å². The standard InChI is InChI=1S/C9H16INO2/c1-8(13)3-5-9(10,6-4-8)7(12)11-2/h13H,3-6H2,1-2H3,(H,11,12)/t8-,9-. The number of hydrogen-bond acceptors (Lipinski definition) is 2. The Kier molecular flexibility index (Phi) is 3.22. The molecule has 1 aliphatic carbocycles. The molecule has 0 aromatic heterocycles. The highest BCUT2D eigenvalue weighted by Gasteiger charge is 2.42. The summed E-state index contributed by atoms with van der Waals surface area (Å²) < 4.78 is -0.297. The summed E-state index contributed by atoms with van der Waals surface area (Å²) in [7, 11) is 1.66. The van der Waals surface area contributed by atoms with E-state index in [2.05, 4.69) is 27.9 Å². The van der Waals surface area contributed by atoms with Crippen molar-refractivity contribution in [2.75, 3.05) is 7.05 Å². The topological polar surface area (TPSA) is 49.3 Å². The van der Waals surface area contributed by atoms with Crippen LogP contribution in [-0.2, 0) is 4.79 Å². The number of halogens is 1. The minimum atomic E-state index is -0.567. The Morgan fingerprint density at radius 1 is 1.38 bits per heavy atom. The van der Waals surface area contributed by atoms with Crippen molar-refractivity contribution < 1.29 is 9.90 Å². The van der Waals surface area contributed by atoms with Gasteiger partial charge in [-0.2, -0.15) is 0 Å². The molecule has 0 aromatic carbocycles. The van der Waals surface area contributed by atoms with Gasteiger partial charge in [0.15, 0.2) is 0 Å². The maximum Gasteiger partial charge on any atom is 0.235 e. The van der Waals surface area contributed by atoms with Crippen LogP contribution in [0.2, 0.25) is 0 Å². The molecule has 1 fully saturated rings. The predicted octanol–water partition coefficient (Wildman–Crippen LogP) is 1.23. The molecule has 0 unspecified atom stereocenters. The van der Waals surface area contributed by atoms with Crippen molar-refractivity contribution in [2.24, 2.45) is 0 Å². The second-order valence-corrected chi connectivity index (χ2v) is 6.11. The van der Waals surface area contributed by atoms with Crippen LogP contribution in [0.3, 0.4) is 0 Å². The summed E-state index contributed by atoms with van der Waals surface area (Å²) in [4.78, 5) is 11.5. The molecule has 0 spiro atoms. The molecule has 0 atom stereocenters. The largest absolute Gasteiger partial charge is 0.390 e. The van der Waals surface area contributed by atoms with E-state index in [0.29, 0.717) is 12.8 Å². The first-order valence-corrected chi connectivity index (χ1v) is 5.61. The molecular formula is C9H16INO2. The maximum absolute atomic E-state index is 11.5. The van der Waals surface area contributed by atoms with E-state index < -0.39 is 5.60 Å². The second kappa shape index (κ2) is 3.73. The minimum Gasteiger partial charge on any atom is -0.390 e. The molecule has 0 aromatic rings. The monoisotopic (exact) mass is 297 g/mol. The summed E-state index contributed by atoms with van der Waals surface area (Å²) in [5, 5.41) is 12.4. The zero-order chi connectivity index (χ0) is 10.1. The predicted molar refractivity (Wildman–Crippen MR) is 59.9 cm³/mol. The average molecular weight is 297 g/mol. The van der Waals surface area contributed by atoms with Gasteiger partial charge in [-0.15, -0.1) is 0 Å². The summed E-state index contributed by atoms with van der Waals surface area (Å²) in [5.74, 6) is 0.0867. The van der Waals surface area contributed by atoms with Crippen molar-refractivity contribution in [2.45, 2.75) is 41.6 Å². The highest BCUT2D eigenvalue weighted by atomic mass is 127. The first kappa shape index (κ1) is 11.2. The summed E-state index contributed by atoms with van der Waals surface area (Å²) in [5.41, 5.74) is -0.567. The third-order valence-electron chi connectivity index (χ3n) is 2.75. The lowest BCUT2D eigenvalue weighted by Gasteiger charge is -2.37. The molecule has 0 saturated heterocycles. The van der Waals surface area contributed by atoms with Gasteiger partial charge in [0.25, 0.3) is 0 Å². The summed E-state index contributed by atoms with van der Waals surface area (Å²) in [6.45, 7) is 1.84. The molecule has 0 heterocycles. The number of aliphatic hydroxyl groups is 1. The summed E-state index contributed by atoms with van der Waals surface area (Å²) >= 11 is 2.21. The summed E-state index contributed by atoms with van der Waals surface area (Å²) in [6, 6.07) is 0. The normalized spacial score (nSPS) is 40.0. The van der Waals surface area contributed by atoms with Gasteiger partial charge in [-0.3, -0.25) is 4.79 Å². The van der Waals surface area contributed by atoms with Crippen molar-refractivity contribution in [1.82, 2.24) is 5.32 Å².